The molecule has 2 aliphatic rings. The third kappa shape index (κ3) is 2.98. The highest BCUT2D eigenvalue weighted by Gasteiger charge is 2.35. The fourth-order valence-electron chi connectivity index (χ4n) is 2.64. The summed E-state index contributed by atoms with van der Waals surface area (Å²) in [5.41, 5.74) is 1.63. The zero-order chi connectivity index (χ0) is 15.7. The monoisotopic (exact) mass is 304 g/mol. The molecule has 6 heteroatoms. The number of carbonyl (C=O) groups excluding carboxylic acids is 2. The van der Waals surface area contributed by atoms with E-state index < -0.39 is 6.04 Å². The largest absolute Gasteiger partial charge is 0.394 e. The minimum atomic E-state index is -0.395. The van der Waals surface area contributed by atoms with Gasteiger partial charge in [0.1, 0.15) is 12.7 Å². The SMILES string of the molecule is CN1C(=O)COC(c2ccc(NC(=O)C3CC3)cc2)C1CO. The molecule has 1 aliphatic heterocycles. The number of rotatable bonds is 4. The first kappa shape index (κ1) is 15.0. The van der Waals surface area contributed by atoms with Gasteiger partial charge in [-0.15, -0.1) is 0 Å². The minimum absolute atomic E-state index is 0.0117. The third-order valence-corrected chi connectivity index (χ3v) is 4.27. The van der Waals surface area contributed by atoms with Gasteiger partial charge in [0.25, 0.3) is 0 Å². The van der Waals surface area contributed by atoms with Crippen molar-refractivity contribution in [1.29, 1.82) is 0 Å². The van der Waals surface area contributed by atoms with Crippen molar-refractivity contribution < 1.29 is 19.4 Å². The average Bonchev–Trinajstić information content (AvgIpc) is 3.35. The molecule has 2 unspecified atom stereocenters. The Kier molecular flexibility index (Phi) is 4.13. The highest BCUT2D eigenvalue weighted by Crippen LogP contribution is 2.31. The van der Waals surface area contributed by atoms with E-state index in [4.69, 9.17) is 4.74 Å². The van der Waals surface area contributed by atoms with Crippen LogP contribution in [0.2, 0.25) is 0 Å². The molecule has 0 aromatic heterocycles. The highest BCUT2D eigenvalue weighted by molar-refractivity contribution is 5.94. The molecule has 1 aromatic rings. The van der Waals surface area contributed by atoms with Gasteiger partial charge >= 0.3 is 0 Å². The number of amides is 2. The van der Waals surface area contributed by atoms with Crippen LogP contribution in [0.4, 0.5) is 5.69 Å². The predicted octanol–water partition coefficient (Wildman–Crippen LogP) is 0.926. The van der Waals surface area contributed by atoms with Crippen LogP contribution in [0.25, 0.3) is 0 Å². The molecular weight excluding hydrogens is 284 g/mol. The van der Waals surface area contributed by atoms with Gasteiger partial charge in [-0.25, -0.2) is 0 Å². The Hall–Kier alpha value is -1.92. The van der Waals surface area contributed by atoms with Crippen LogP contribution >= 0.6 is 0 Å². The van der Waals surface area contributed by atoms with Crippen molar-refractivity contribution in [3.8, 4) is 0 Å². The van der Waals surface area contributed by atoms with Gasteiger partial charge in [-0.1, -0.05) is 12.1 Å². The number of aliphatic hydroxyl groups excluding tert-OH is 1. The lowest BCUT2D eigenvalue weighted by atomic mass is 9.99. The normalized spacial score (nSPS) is 25.2. The summed E-state index contributed by atoms with van der Waals surface area (Å²) < 4.78 is 5.58. The number of hydrogen-bond donors (Lipinski definition) is 2. The summed E-state index contributed by atoms with van der Waals surface area (Å²) in [5.74, 6) is 0.101. The van der Waals surface area contributed by atoms with Crippen molar-refractivity contribution in [2.75, 3.05) is 25.6 Å². The molecule has 2 fully saturated rings. The topological polar surface area (TPSA) is 78.9 Å². The molecule has 2 amide bonds. The van der Waals surface area contributed by atoms with Crippen LogP contribution in [0.1, 0.15) is 24.5 Å². The van der Waals surface area contributed by atoms with Crippen molar-refractivity contribution in [2.24, 2.45) is 5.92 Å². The summed E-state index contributed by atoms with van der Waals surface area (Å²) in [6, 6.07) is 6.97. The number of nitrogens with one attached hydrogen (secondary N) is 1. The van der Waals surface area contributed by atoms with Gasteiger partial charge in [-0.3, -0.25) is 9.59 Å². The number of nitrogens with zero attached hydrogens (tertiary/aromatic N) is 1. The Labute approximate surface area is 129 Å². The lowest BCUT2D eigenvalue weighted by Crippen LogP contribution is -2.50. The molecule has 0 spiro atoms. The zero-order valence-corrected chi connectivity index (χ0v) is 12.5. The standard InChI is InChI=1S/C16H20N2O4/c1-18-13(8-19)15(22-9-14(18)20)10-4-6-12(7-5-10)17-16(21)11-2-3-11/h4-7,11,13,15,19H,2-3,8-9H2,1H3,(H,17,21). The summed E-state index contributed by atoms with van der Waals surface area (Å²) in [7, 11) is 1.67. The molecule has 118 valence electrons. The van der Waals surface area contributed by atoms with Crippen molar-refractivity contribution in [2.45, 2.75) is 25.0 Å². The van der Waals surface area contributed by atoms with E-state index in [1.165, 1.54) is 4.90 Å². The average molecular weight is 304 g/mol. The molecule has 1 saturated heterocycles. The molecule has 1 heterocycles. The van der Waals surface area contributed by atoms with E-state index >= 15 is 0 Å². The van der Waals surface area contributed by atoms with E-state index in [-0.39, 0.29) is 37.0 Å². The fraction of sp³-hybridized carbons (Fsp3) is 0.500. The van der Waals surface area contributed by atoms with Crippen LogP contribution in [-0.2, 0) is 14.3 Å². The van der Waals surface area contributed by atoms with Gasteiger partial charge in [0, 0.05) is 18.7 Å². The van der Waals surface area contributed by atoms with E-state index in [2.05, 4.69) is 5.32 Å². The van der Waals surface area contributed by atoms with Crippen molar-refractivity contribution in [1.82, 2.24) is 4.90 Å². The Bertz CT molecular complexity index is 568. The number of morpholine rings is 1. The number of anilines is 1. The smallest absolute Gasteiger partial charge is 0.248 e. The van der Waals surface area contributed by atoms with Crippen LogP contribution in [0.5, 0.6) is 0 Å². The van der Waals surface area contributed by atoms with E-state index in [1.807, 2.05) is 24.3 Å². The number of aliphatic hydroxyl groups is 1. The van der Waals surface area contributed by atoms with Crippen molar-refractivity contribution in [3.63, 3.8) is 0 Å². The second-order valence-electron chi connectivity index (χ2n) is 5.87. The Balaban J connectivity index is 1.71. The molecular formula is C16H20N2O4. The molecule has 22 heavy (non-hydrogen) atoms. The molecule has 1 aliphatic carbocycles. The number of ether oxygens (including phenoxy) is 1. The summed E-state index contributed by atoms with van der Waals surface area (Å²) in [6.45, 7) is -0.148. The number of benzene rings is 1. The first-order chi connectivity index (χ1) is 10.6. The molecule has 1 aromatic carbocycles. The van der Waals surface area contributed by atoms with Gasteiger partial charge < -0.3 is 20.1 Å². The second-order valence-corrected chi connectivity index (χ2v) is 5.87. The van der Waals surface area contributed by atoms with E-state index in [1.54, 1.807) is 7.05 Å². The Morgan fingerprint density at radius 3 is 2.64 bits per heavy atom. The van der Waals surface area contributed by atoms with E-state index in [0.717, 1.165) is 24.1 Å². The quantitative estimate of drug-likeness (QED) is 0.867. The van der Waals surface area contributed by atoms with Gasteiger partial charge in [-0.2, -0.15) is 0 Å². The fourth-order valence-corrected chi connectivity index (χ4v) is 2.64. The first-order valence-electron chi connectivity index (χ1n) is 7.49. The molecule has 2 N–H and O–H groups in total. The lowest BCUT2D eigenvalue weighted by molar-refractivity contribution is -0.157. The lowest BCUT2D eigenvalue weighted by Gasteiger charge is -2.38. The molecule has 6 nitrogen and oxygen atoms in total. The number of carbonyl (C=O) groups is 2. The van der Waals surface area contributed by atoms with Crippen LogP contribution in [0, 0.1) is 5.92 Å². The van der Waals surface area contributed by atoms with Gasteiger partial charge in [0.15, 0.2) is 0 Å². The molecule has 1 saturated carbocycles. The van der Waals surface area contributed by atoms with Gasteiger partial charge in [0.05, 0.1) is 12.6 Å². The zero-order valence-electron chi connectivity index (χ0n) is 12.5. The summed E-state index contributed by atoms with van der Waals surface area (Å²) in [5, 5.41) is 12.4. The highest BCUT2D eigenvalue weighted by atomic mass is 16.5. The second kappa shape index (κ2) is 6.06. The Morgan fingerprint density at radius 2 is 2.05 bits per heavy atom. The van der Waals surface area contributed by atoms with Crippen LogP contribution in [0.15, 0.2) is 24.3 Å². The maximum atomic E-state index is 11.7. The maximum Gasteiger partial charge on any atom is 0.248 e. The number of hydrogen-bond acceptors (Lipinski definition) is 4. The predicted molar refractivity (Wildman–Crippen MR) is 80.1 cm³/mol. The molecule has 0 bridgehead atoms. The van der Waals surface area contributed by atoms with Crippen LogP contribution in [-0.4, -0.2) is 48.1 Å². The van der Waals surface area contributed by atoms with Crippen LogP contribution in [0.3, 0.4) is 0 Å². The third-order valence-electron chi connectivity index (χ3n) is 4.27. The molecule has 2 atom stereocenters. The minimum Gasteiger partial charge on any atom is -0.394 e. The molecule has 3 rings (SSSR count). The van der Waals surface area contributed by atoms with E-state index in [0.29, 0.717) is 0 Å². The van der Waals surface area contributed by atoms with Crippen LogP contribution < -0.4 is 5.32 Å². The summed E-state index contributed by atoms with van der Waals surface area (Å²) >= 11 is 0. The first-order valence-corrected chi connectivity index (χ1v) is 7.49. The summed E-state index contributed by atoms with van der Waals surface area (Å²) in [6.07, 6.45) is 1.58. The van der Waals surface area contributed by atoms with Gasteiger partial charge in [0.2, 0.25) is 11.8 Å². The van der Waals surface area contributed by atoms with Gasteiger partial charge in [-0.05, 0) is 30.5 Å². The van der Waals surface area contributed by atoms with Crippen molar-refractivity contribution in [3.05, 3.63) is 29.8 Å². The van der Waals surface area contributed by atoms with Crippen molar-refractivity contribution >= 4 is 17.5 Å². The Morgan fingerprint density at radius 1 is 1.36 bits per heavy atom. The molecule has 0 radical (unpaired) electrons. The van der Waals surface area contributed by atoms with E-state index in [9.17, 15) is 14.7 Å². The number of likely N-dealkylation sites (N-methyl/N-ethyl adjacent to an activating group) is 1. The maximum absolute atomic E-state index is 11.7. The summed E-state index contributed by atoms with van der Waals surface area (Å²) in [4.78, 5) is 24.9.